The smallest absolute Gasteiger partial charge is 0.408 e. The van der Waals surface area contributed by atoms with Crippen LogP contribution < -0.4 is 24.8 Å². The SMILES string of the molecule is COc1ccc2c(OC3CC4C(=O)NC5(C(=O)NS(=O)(=O)C6(CF)CC6)CC5C=CCCC(C)CC(C)C(NC(=O)OC(C)(C)C)C(=O)N4C3)ncc(F)c2c1. The standard InChI is InChI=1S/C39H51F2N5O9S/c1-22-9-7-8-10-24-18-39(24,35(49)45-56(51,52)38(21-40)13-14-38)44-32(47)30-17-26(54-33-27-12-11-25(53-6)16-28(27)29(41)19-42-33)20-46(30)34(48)31(23(2)15-22)43-36(50)55-37(3,4)5/h8,10-12,16,19,22-24,26,30-31H,7,9,13-15,17-18,20-21H2,1-6H3,(H,43,50)(H,44,47)(H,45,49). The summed E-state index contributed by atoms with van der Waals surface area (Å²) >= 11 is 0. The molecule has 1 aromatic carbocycles. The predicted octanol–water partition coefficient (Wildman–Crippen LogP) is 4.46. The first-order valence-electron chi connectivity index (χ1n) is 19.0. The topological polar surface area (TPSA) is 182 Å². The quantitative estimate of drug-likeness (QED) is 0.323. The second-order valence-electron chi connectivity index (χ2n) is 16.8. The monoisotopic (exact) mass is 803 g/mol. The fourth-order valence-electron chi connectivity index (χ4n) is 7.73. The molecular weight excluding hydrogens is 753 g/mol. The predicted molar refractivity (Wildman–Crippen MR) is 201 cm³/mol. The Morgan fingerprint density at radius 2 is 1.86 bits per heavy atom. The first-order chi connectivity index (χ1) is 26.3. The van der Waals surface area contributed by atoms with Crippen molar-refractivity contribution in [3.63, 3.8) is 0 Å². The number of benzene rings is 1. The number of carbonyl (C=O) groups excluding carboxylic acids is 4. The van der Waals surface area contributed by atoms with Gasteiger partial charge in [0, 0.05) is 23.1 Å². The van der Waals surface area contributed by atoms with Crippen LogP contribution in [-0.2, 0) is 29.1 Å². The third-order valence-electron chi connectivity index (χ3n) is 11.2. The Bertz CT molecular complexity index is 2020. The van der Waals surface area contributed by atoms with Gasteiger partial charge in [-0.15, -0.1) is 0 Å². The minimum atomic E-state index is -4.41. The summed E-state index contributed by atoms with van der Waals surface area (Å²) in [4.78, 5) is 61.7. The van der Waals surface area contributed by atoms with Crippen LogP contribution >= 0.6 is 0 Å². The first-order valence-corrected chi connectivity index (χ1v) is 20.5. The highest BCUT2D eigenvalue weighted by Crippen LogP contribution is 2.48. The van der Waals surface area contributed by atoms with E-state index in [0.717, 1.165) is 6.20 Å². The molecule has 7 atom stereocenters. The largest absolute Gasteiger partial charge is 0.497 e. The van der Waals surface area contributed by atoms with Crippen molar-refractivity contribution in [2.24, 2.45) is 17.8 Å². The van der Waals surface area contributed by atoms with Gasteiger partial charge in [0.1, 0.15) is 52.3 Å². The van der Waals surface area contributed by atoms with Gasteiger partial charge >= 0.3 is 6.09 Å². The maximum Gasteiger partial charge on any atom is 0.408 e. The molecule has 1 saturated heterocycles. The van der Waals surface area contributed by atoms with Crippen molar-refractivity contribution < 1.29 is 50.6 Å². The second-order valence-corrected chi connectivity index (χ2v) is 18.9. The van der Waals surface area contributed by atoms with Crippen LogP contribution in [0.3, 0.4) is 0 Å². The van der Waals surface area contributed by atoms with Crippen molar-refractivity contribution in [2.75, 3.05) is 20.3 Å². The number of pyridine rings is 1. The molecule has 14 nitrogen and oxygen atoms in total. The molecule has 306 valence electrons. The molecule has 3 heterocycles. The number of alkyl halides is 1. The van der Waals surface area contributed by atoms with E-state index in [1.165, 1.54) is 18.1 Å². The van der Waals surface area contributed by atoms with Crippen LogP contribution in [0.15, 0.2) is 36.5 Å². The third-order valence-corrected chi connectivity index (χ3v) is 13.3. The summed E-state index contributed by atoms with van der Waals surface area (Å²) in [6.45, 7) is 7.64. The van der Waals surface area contributed by atoms with E-state index in [-0.39, 0.29) is 49.4 Å². The molecule has 0 radical (unpaired) electrons. The summed E-state index contributed by atoms with van der Waals surface area (Å²) in [5, 5.41) is 6.03. The van der Waals surface area contributed by atoms with Crippen LogP contribution in [0.5, 0.6) is 11.6 Å². The summed E-state index contributed by atoms with van der Waals surface area (Å²) in [6.07, 6.45) is 4.91. The summed E-state index contributed by atoms with van der Waals surface area (Å²) in [5.74, 6) is -3.40. The minimum absolute atomic E-state index is 0.0468. The number of alkyl carbamates (subject to hydrolysis) is 1. The van der Waals surface area contributed by atoms with E-state index in [1.807, 2.05) is 19.9 Å². The van der Waals surface area contributed by atoms with Crippen LogP contribution in [0.4, 0.5) is 13.6 Å². The second kappa shape index (κ2) is 15.4. The number of allylic oxidation sites excluding steroid dienone is 1. The number of nitrogens with one attached hydrogen (secondary N) is 3. The van der Waals surface area contributed by atoms with E-state index >= 15 is 0 Å². The molecule has 2 aliphatic carbocycles. The Morgan fingerprint density at radius 1 is 1.12 bits per heavy atom. The molecule has 7 unspecified atom stereocenters. The number of amides is 4. The van der Waals surface area contributed by atoms with Crippen molar-refractivity contribution in [3.8, 4) is 11.6 Å². The number of nitrogens with zero attached hydrogens (tertiary/aromatic N) is 2. The number of carbonyl (C=O) groups is 4. The Hall–Kier alpha value is -4.54. The lowest BCUT2D eigenvalue weighted by molar-refractivity contribution is -0.142. The summed E-state index contributed by atoms with van der Waals surface area (Å²) in [6, 6.07) is 2.30. The molecule has 0 spiro atoms. The van der Waals surface area contributed by atoms with Crippen molar-refractivity contribution in [1.82, 2.24) is 25.2 Å². The maximum atomic E-state index is 14.9. The molecule has 3 fully saturated rings. The number of hydrogen-bond acceptors (Lipinski definition) is 10. The molecule has 3 N–H and O–H groups in total. The summed E-state index contributed by atoms with van der Waals surface area (Å²) in [7, 11) is -2.96. The number of halogens is 2. The zero-order valence-electron chi connectivity index (χ0n) is 32.5. The molecule has 2 aliphatic heterocycles. The van der Waals surface area contributed by atoms with Gasteiger partial charge < -0.3 is 29.7 Å². The molecule has 1 aromatic heterocycles. The van der Waals surface area contributed by atoms with Gasteiger partial charge in [-0.05, 0) is 89.3 Å². The average Bonchev–Trinajstić information content (AvgIpc) is 4.03. The molecule has 2 aromatic rings. The van der Waals surface area contributed by atoms with Gasteiger partial charge in [0.15, 0.2) is 0 Å². The van der Waals surface area contributed by atoms with Crippen LogP contribution in [0.1, 0.15) is 79.6 Å². The lowest BCUT2D eigenvalue weighted by atomic mass is 9.88. The van der Waals surface area contributed by atoms with Gasteiger partial charge in [-0.3, -0.25) is 19.1 Å². The normalized spacial score (nSPS) is 29.2. The zero-order chi connectivity index (χ0) is 40.8. The van der Waals surface area contributed by atoms with Gasteiger partial charge in [0.05, 0.1) is 19.9 Å². The fourth-order valence-corrected chi connectivity index (χ4v) is 9.15. The number of hydrogen-bond donors (Lipinski definition) is 3. The highest BCUT2D eigenvalue weighted by atomic mass is 32.2. The highest BCUT2D eigenvalue weighted by molar-refractivity contribution is 7.91. The van der Waals surface area contributed by atoms with Crippen LogP contribution in [0.2, 0.25) is 0 Å². The Balaban J connectivity index is 1.36. The van der Waals surface area contributed by atoms with Crippen LogP contribution in [0.25, 0.3) is 10.8 Å². The van der Waals surface area contributed by atoms with Gasteiger partial charge in [0.25, 0.3) is 5.91 Å². The molecule has 6 rings (SSSR count). The lowest BCUT2D eigenvalue weighted by Crippen LogP contribution is -2.59. The van der Waals surface area contributed by atoms with Gasteiger partial charge in [-0.25, -0.2) is 27.0 Å². The lowest BCUT2D eigenvalue weighted by Gasteiger charge is -2.33. The van der Waals surface area contributed by atoms with E-state index in [2.05, 4.69) is 20.3 Å². The van der Waals surface area contributed by atoms with E-state index in [0.29, 0.717) is 30.4 Å². The number of rotatable bonds is 8. The maximum absolute atomic E-state index is 14.9. The Kier molecular flexibility index (Phi) is 11.3. The summed E-state index contributed by atoms with van der Waals surface area (Å²) in [5.41, 5.74) is -2.56. The molecular formula is C39H51F2N5O9S. The molecule has 4 amide bonds. The minimum Gasteiger partial charge on any atom is -0.497 e. The number of fused-ring (bicyclic) bond motifs is 3. The highest BCUT2D eigenvalue weighted by Gasteiger charge is 2.64. The Morgan fingerprint density at radius 3 is 2.52 bits per heavy atom. The van der Waals surface area contributed by atoms with Gasteiger partial charge in [-0.2, -0.15) is 0 Å². The van der Waals surface area contributed by atoms with E-state index in [1.54, 1.807) is 39.0 Å². The Labute approximate surface area is 325 Å². The molecule has 56 heavy (non-hydrogen) atoms. The van der Waals surface area contributed by atoms with E-state index in [9.17, 15) is 36.4 Å². The third kappa shape index (κ3) is 8.42. The molecule has 0 bridgehead atoms. The van der Waals surface area contributed by atoms with Crippen molar-refractivity contribution in [3.05, 3.63) is 42.4 Å². The number of methoxy groups -OCH3 is 1. The van der Waals surface area contributed by atoms with Gasteiger partial charge in [-0.1, -0.05) is 26.0 Å². The molecule has 17 heteroatoms. The van der Waals surface area contributed by atoms with Crippen molar-refractivity contribution in [2.45, 2.75) is 114 Å². The number of ether oxygens (including phenoxy) is 3. The van der Waals surface area contributed by atoms with E-state index < -0.39 is 92.2 Å². The zero-order valence-corrected chi connectivity index (χ0v) is 33.3. The molecule has 2 saturated carbocycles. The first kappa shape index (κ1) is 41.1. The van der Waals surface area contributed by atoms with Crippen LogP contribution in [-0.4, -0.2) is 96.5 Å². The van der Waals surface area contributed by atoms with Gasteiger partial charge in [0.2, 0.25) is 27.7 Å². The van der Waals surface area contributed by atoms with Crippen molar-refractivity contribution >= 4 is 44.6 Å². The van der Waals surface area contributed by atoms with E-state index in [4.69, 9.17) is 14.2 Å². The van der Waals surface area contributed by atoms with Crippen molar-refractivity contribution in [1.29, 1.82) is 0 Å². The molecule has 4 aliphatic rings. The van der Waals surface area contributed by atoms with Crippen LogP contribution in [0, 0.1) is 23.6 Å². The average molecular weight is 804 g/mol. The number of aromatic nitrogens is 1. The fraction of sp³-hybridized carbons (Fsp3) is 0.615. The summed E-state index contributed by atoms with van der Waals surface area (Å²) < 4.78 is 72.5. The number of sulfonamides is 1.